The van der Waals surface area contributed by atoms with Crippen LogP contribution in [0.3, 0.4) is 0 Å². The highest BCUT2D eigenvalue weighted by molar-refractivity contribution is 5.74. The number of halogens is 2. The fraction of sp³-hybridized carbons (Fsp3) is 0.417. The molecule has 0 amide bonds. The third kappa shape index (κ3) is 2.22. The molecule has 0 N–H and O–H groups in total. The highest BCUT2D eigenvalue weighted by Gasteiger charge is 2.44. The molecular formula is C12H14F2O. The van der Waals surface area contributed by atoms with Gasteiger partial charge in [0.1, 0.15) is 6.29 Å². The van der Waals surface area contributed by atoms with E-state index in [4.69, 9.17) is 0 Å². The molecule has 0 aliphatic heterocycles. The van der Waals surface area contributed by atoms with Gasteiger partial charge in [0.2, 0.25) is 0 Å². The molecular weight excluding hydrogens is 198 g/mol. The number of carbonyl (C=O) groups is 1. The first-order chi connectivity index (χ1) is 6.79. The van der Waals surface area contributed by atoms with Gasteiger partial charge in [0.25, 0.3) is 5.92 Å². The van der Waals surface area contributed by atoms with E-state index in [0.717, 1.165) is 0 Å². The highest BCUT2D eigenvalue weighted by Crippen LogP contribution is 2.44. The molecule has 0 saturated carbocycles. The maximum absolute atomic E-state index is 13.8. The molecule has 3 heteroatoms. The third-order valence-electron chi connectivity index (χ3n) is 2.35. The normalized spacial score (nSPS) is 12.6. The summed E-state index contributed by atoms with van der Waals surface area (Å²) in [7, 11) is 0. The molecule has 82 valence electrons. The van der Waals surface area contributed by atoms with Gasteiger partial charge in [-0.3, -0.25) is 4.79 Å². The van der Waals surface area contributed by atoms with E-state index in [1.165, 1.54) is 45.0 Å². The molecule has 0 spiro atoms. The van der Waals surface area contributed by atoms with Crippen LogP contribution in [0.15, 0.2) is 24.3 Å². The summed E-state index contributed by atoms with van der Waals surface area (Å²) in [6.45, 7) is 4.46. The second kappa shape index (κ2) is 3.72. The smallest absolute Gasteiger partial charge is 0.277 e. The Balaban J connectivity index is 3.11. The standard InChI is InChI=1S/C12H14F2O/c1-11(2,3)12(13,14)10-6-4-9(8-15)5-7-10/h4-8H,1-3H3. The van der Waals surface area contributed by atoms with Crippen LogP contribution in [0.25, 0.3) is 0 Å². The molecule has 0 aromatic heterocycles. The largest absolute Gasteiger partial charge is 0.298 e. The van der Waals surface area contributed by atoms with Gasteiger partial charge in [-0.15, -0.1) is 0 Å². The lowest BCUT2D eigenvalue weighted by Crippen LogP contribution is -2.31. The summed E-state index contributed by atoms with van der Waals surface area (Å²) >= 11 is 0. The number of alkyl halides is 2. The zero-order valence-electron chi connectivity index (χ0n) is 9.05. The number of hydrogen-bond acceptors (Lipinski definition) is 1. The summed E-state index contributed by atoms with van der Waals surface area (Å²) in [4.78, 5) is 10.4. The first-order valence-corrected chi connectivity index (χ1v) is 4.72. The second-order valence-electron chi connectivity index (χ2n) is 4.56. The van der Waals surface area contributed by atoms with Crippen molar-refractivity contribution in [3.8, 4) is 0 Å². The van der Waals surface area contributed by atoms with Gasteiger partial charge < -0.3 is 0 Å². The highest BCUT2D eigenvalue weighted by atomic mass is 19.3. The molecule has 15 heavy (non-hydrogen) atoms. The van der Waals surface area contributed by atoms with Gasteiger partial charge in [-0.05, 0) is 0 Å². The molecule has 0 aliphatic carbocycles. The van der Waals surface area contributed by atoms with Crippen LogP contribution < -0.4 is 0 Å². The maximum atomic E-state index is 13.8. The van der Waals surface area contributed by atoms with Crippen LogP contribution in [0.1, 0.15) is 36.7 Å². The van der Waals surface area contributed by atoms with Gasteiger partial charge in [0.05, 0.1) is 0 Å². The third-order valence-corrected chi connectivity index (χ3v) is 2.35. The van der Waals surface area contributed by atoms with Crippen LogP contribution >= 0.6 is 0 Å². The lowest BCUT2D eigenvalue weighted by Gasteiger charge is -2.30. The van der Waals surface area contributed by atoms with Crippen molar-refractivity contribution in [2.24, 2.45) is 5.41 Å². The van der Waals surface area contributed by atoms with E-state index in [9.17, 15) is 13.6 Å². The minimum absolute atomic E-state index is 0.0550. The molecule has 0 aliphatic rings. The van der Waals surface area contributed by atoms with E-state index in [1.807, 2.05) is 0 Å². The topological polar surface area (TPSA) is 17.1 Å². The summed E-state index contributed by atoms with van der Waals surface area (Å²) in [5, 5.41) is 0. The van der Waals surface area contributed by atoms with E-state index >= 15 is 0 Å². The second-order valence-corrected chi connectivity index (χ2v) is 4.56. The SMILES string of the molecule is CC(C)(C)C(F)(F)c1ccc(C=O)cc1. The van der Waals surface area contributed by atoms with Gasteiger partial charge in [-0.2, -0.15) is 0 Å². The minimum atomic E-state index is -2.89. The molecule has 0 bridgehead atoms. The van der Waals surface area contributed by atoms with Crippen molar-refractivity contribution in [3.05, 3.63) is 35.4 Å². The average Bonchev–Trinajstić information content (AvgIpc) is 2.16. The van der Waals surface area contributed by atoms with Crippen molar-refractivity contribution in [2.45, 2.75) is 26.7 Å². The van der Waals surface area contributed by atoms with Crippen molar-refractivity contribution in [1.29, 1.82) is 0 Å². The monoisotopic (exact) mass is 212 g/mol. The van der Waals surface area contributed by atoms with Crippen molar-refractivity contribution < 1.29 is 13.6 Å². The number of carbonyl (C=O) groups excluding carboxylic acids is 1. The Morgan fingerprint density at radius 2 is 1.53 bits per heavy atom. The molecule has 0 unspecified atom stereocenters. The Kier molecular flexibility index (Phi) is 2.93. The summed E-state index contributed by atoms with van der Waals surface area (Å²) in [5.41, 5.74) is -0.778. The first kappa shape index (κ1) is 11.8. The summed E-state index contributed by atoms with van der Waals surface area (Å²) in [5.74, 6) is -2.89. The quantitative estimate of drug-likeness (QED) is 0.684. The molecule has 0 fully saturated rings. The molecule has 0 atom stereocenters. The molecule has 1 rings (SSSR count). The van der Waals surface area contributed by atoms with Crippen molar-refractivity contribution in [3.63, 3.8) is 0 Å². The molecule has 1 nitrogen and oxygen atoms in total. The van der Waals surface area contributed by atoms with E-state index in [2.05, 4.69) is 0 Å². The molecule has 1 aromatic carbocycles. The van der Waals surface area contributed by atoms with Gasteiger partial charge in [0.15, 0.2) is 0 Å². The van der Waals surface area contributed by atoms with Crippen molar-refractivity contribution in [2.75, 3.05) is 0 Å². The maximum Gasteiger partial charge on any atom is 0.277 e. The van der Waals surface area contributed by atoms with E-state index in [-0.39, 0.29) is 5.56 Å². The summed E-state index contributed by atoms with van der Waals surface area (Å²) < 4.78 is 27.6. The van der Waals surface area contributed by atoms with Crippen LogP contribution in [0.4, 0.5) is 8.78 Å². The summed E-state index contributed by atoms with van der Waals surface area (Å²) in [6.07, 6.45) is 0.638. The van der Waals surface area contributed by atoms with Crippen LogP contribution in [-0.4, -0.2) is 6.29 Å². The molecule has 0 heterocycles. The van der Waals surface area contributed by atoms with E-state index < -0.39 is 11.3 Å². The Labute approximate surface area is 88.1 Å². The van der Waals surface area contributed by atoms with Gasteiger partial charge >= 0.3 is 0 Å². The van der Waals surface area contributed by atoms with E-state index in [1.54, 1.807) is 0 Å². The Morgan fingerprint density at radius 1 is 1.07 bits per heavy atom. The number of benzene rings is 1. The number of aldehydes is 1. The lowest BCUT2D eigenvalue weighted by molar-refractivity contribution is -0.104. The fourth-order valence-electron chi connectivity index (χ4n) is 1.20. The Morgan fingerprint density at radius 3 is 1.87 bits per heavy atom. The zero-order chi connectivity index (χ0) is 11.7. The number of rotatable bonds is 2. The first-order valence-electron chi connectivity index (χ1n) is 4.72. The van der Waals surface area contributed by atoms with Crippen LogP contribution in [0, 0.1) is 5.41 Å². The van der Waals surface area contributed by atoms with Gasteiger partial charge in [-0.1, -0.05) is 45.0 Å². The van der Waals surface area contributed by atoms with E-state index in [0.29, 0.717) is 11.8 Å². The number of hydrogen-bond donors (Lipinski definition) is 0. The molecule has 0 radical (unpaired) electrons. The molecule has 1 aromatic rings. The Hall–Kier alpha value is -1.25. The Bertz CT molecular complexity index is 347. The average molecular weight is 212 g/mol. The predicted molar refractivity (Wildman–Crippen MR) is 55.2 cm³/mol. The van der Waals surface area contributed by atoms with Crippen LogP contribution in [-0.2, 0) is 5.92 Å². The zero-order valence-corrected chi connectivity index (χ0v) is 9.05. The lowest BCUT2D eigenvalue weighted by atomic mass is 9.83. The summed E-state index contributed by atoms with van der Waals surface area (Å²) in [6, 6.07) is 5.41. The van der Waals surface area contributed by atoms with Crippen molar-refractivity contribution in [1.82, 2.24) is 0 Å². The molecule has 0 saturated heterocycles. The van der Waals surface area contributed by atoms with Gasteiger partial charge in [-0.25, -0.2) is 8.78 Å². The van der Waals surface area contributed by atoms with Gasteiger partial charge in [0, 0.05) is 16.5 Å². The fourth-order valence-corrected chi connectivity index (χ4v) is 1.20. The minimum Gasteiger partial charge on any atom is -0.298 e. The predicted octanol–water partition coefficient (Wildman–Crippen LogP) is 3.64. The van der Waals surface area contributed by atoms with Crippen molar-refractivity contribution >= 4 is 6.29 Å². The van der Waals surface area contributed by atoms with Crippen LogP contribution in [0.5, 0.6) is 0 Å². The van der Waals surface area contributed by atoms with Crippen LogP contribution in [0.2, 0.25) is 0 Å².